The quantitative estimate of drug-likeness (QED) is 0.196. The van der Waals surface area contributed by atoms with Crippen molar-refractivity contribution in [2.24, 2.45) is 11.8 Å². The van der Waals surface area contributed by atoms with Gasteiger partial charge >= 0.3 is 0 Å². The van der Waals surface area contributed by atoms with Crippen LogP contribution >= 0.6 is 0 Å². The fourth-order valence-corrected chi connectivity index (χ4v) is 9.86. The number of aromatic nitrogens is 4. The van der Waals surface area contributed by atoms with Crippen LogP contribution < -0.4 is 4.90 Å². The predicted molar refractivity (Wildman–Crippen MR) is 196 cm³/mol. The molecule has 0 radical (unpaired) electrons. The van der Waals surface area contributed by atoms with Crippen molar-refractivity contribution < 1.29 is 0 Å². The monoisotopic (exact) mass is 621 g/mol. The highest BCUT2D eigenvalue weighted by molar-refractivity contribution is 6.10. The Bertz CT molecular complexity index is 2270. The zero-order chi connectivity index (χ0) is 31.3. The van der Waals surface area contributed by atoms with Gasteiger partial charge in [0, 0.05) is 50.9 Å². The molecule has 12 rings (SSSR count). The Labute approximate surface area is 279 Å². The van der Waals surface area contributed by atoms with E-state index < -0.39 is 0 Å². The van der Waals surface area contributed by atoms with Gasteiger partial charge in [0.15, 0.2) is 5.82 Å². The molecule has 5 heterocycles. The zero-order valence-corrected chi connectivity index (χ0v) is 26.7. The van der Waals surface area contributed by atoms with Gasteiger partial charge < -0.3 is 4.90 Å². The van der Waals surface area contributed by atoms with Crippen LogP contribution in [0.4, 0.5) is 5.69 Å². The van der Waals surface area contributed by atoms with Crippen LogP contribution in [0.3, 0.4) is 0 Å². The molecule has 48 heavy (non-hydrogen) atoms. The Morgan fingerprint density at radius 2 is 0.833 bits per heavy atom. The van der Waals surface area contributed by atoms with Crippen LogP contribution in [0, 0.1) is 11.8 Å². The largest absolute Gasteiger partial charge is 0.366 e. The lowest BCUT2D eigenvalue weighted by molar-refractivity contribution is 0.0900. The molecule has 5 aromatic carbocycles. The van der Waals surface area contributed by atoms with E-state index in [1.54, 1.807) is 0 Å². The molecule has 0 unspecified atom stereocenters. The van der Waals surface area contributed by atoms with Crippen LogP contribution in [0.5, 0.6) is 0 Å². The van der Waals surface area contributed by atoms with E-state index >= 15 is 0 Å². The van der Waals surface area contributed by atoms with Gasteiger partial charge in [-0.25, -0.2) is 9.97 Å². The molecule has 4 aliphatic rings. The summed E-state index contributed by atoms with van der Waals surface area (Å²) in [6.45, 7) is 0. The summed E-state index contributed by atoms with van der Waals surface area (Å²) in [5.41, 5.74) is 6.95. The molecule has 232 valence electrons. The highest BCUT2D eigenvalue weighted by Crippen LogP contribution is 2.50. The maximum atomic E-state index is 5.36. The standard InChI is InChI=1S/C43H35N5/c1-5-13-37-33(9-1)34-10-2-6-14-38(34)47(37)41-26-42(48-39-15-7-3-11-35(39)36-12-4-8-16-40(36)48)45-43(44-41)29-17-19-30(20-18-29)46-31-22-27-21-28(24-31)25-32(46)23-27/h1-20,26-28,31-32H,21-25H2. The SMILES string of the molecule is c1ccc2c(c1)c1ccccc1n2-c1cc(-n2c3ccccc3c3ccccc32)nc(-c2ccc(N3C4CC5CC(C4)CC3C5)cc2)n1. The molecular formula is C43H35N5. The molecule has 4 bridgehead atoms. The van der Waals surface area contributed by atoms with Crippen LogP contribution in [-0.2, 0) is 0 Å². The van der Waals surface area contributed by atoms with Crippen molar-refractivity contribution in [1.82, 2.24) is 19.1 Å². The molecule has 5 nitrogen and oxygen atoms in total. The fourth-order valence-electron chi connectivity index (χ4n) is 9.86. The number of nitrogens with zero attached hydrogens (tertiary/aromatic N) is 5. The molecule has 0 atom stereocenters. The van der Waals surface area contributed by atoms with Gasteiger partial charge in [-0.1, -0.05) is 72.8 Å². The summed E-state index contributed by atoms with van der Waals surface area (Å²) in [5, 5.41) is 4.89. The lowest BCUT2D eigenvalue weighted by atomic mass is 9.63. The van der Waals surface area contributed by atoms with E-state index in [-0.39, 0.29) is 0 Å². The molecule has 2 aliphatic carbocycles. The molecule has 2 aliphatic heterocycles. The van der Waals surface area contributed by atoms with Gasteiger partial charge in [0.1, 0.15) is 11.6 Å². The van der Waals surface area contributed by atoms with E-state index in [0.29, 0.717) is 12.1 Å². The highest BCUT2D eigenvalue weighted by Gasteiger charge is 2.46. The fraction of sp³-hybridized carbons (Fsp3) is 0.209. The first kappa shape index (κ1) is 26.6. The minimum absolute atomic E-state index is 0.698. The van der Waals surface area contributed by atoms with Gasteiger partial charge in [-0.3, -0.25) is 9.13 Å². The highest BCUT2D eigenvalue weighted by atomic mass is 15.2. The first-order valence-corrected chi connectivity index (χ1v) is 17.5. The van der Waals surface area contributed by atoms with E-state index in [1.165, 1.54) is 59.3 Å². The first-order chi connectivity index (χ1) is 23.8. The second-order valence-corrected chi connectivity index (χ2v) is 14.3. The molecule has 3 aromatic heterocycles. The average molecular weight is 622 g/mol. The first-order valence-electron chi connectivity index (χ1n) is 17.5. The van der Waals surface area contributed by atoms with Crippen molar-refractivity contribution in [2.75, 3.05) is 4.90 Å². The zero-order valence-electron chi connectivity index (χ0n) is 26.7. The van der Waals surface area contributed by atoms with Crippen LogP contribution in [0.2, 0.25) is 0 Å². The smallest absolute Gasteiger partial charge is 0.163 e. The van der Waals surface area contributed by atoms with Gasteiger partial charge in [-0.2, -0.15) is 0 Å². The number of anilines is 1. The van der Waals surface area contributed by atoms with Crippen molar-refractivity contribution in [3.05, 3.63) is 127 Å². The molecule has 0 spiro atoms. The molecule has 2 saturated heterocycles. The van der Waals surface area contributed by atoms with Crippen molar-refractivity contribution in [1.29, 1.82) is 0 Å². The number of para-hydroxylation sites is 4. The molecule has 0 N–H and O–H groups in total. The van der Waals surface area contributed by atoms with E-state index in [1.807, 2.05) is 0 Å². The van der Waals surface area contributed by atoms with Gasteiger partial charge in [0.05, 0.1) is 22.1 Å². The number of hydrogen-bond donors (Lipinski definition) is 0. The summed E-state index contributed by atoms with van der Waals surface area (Å²) in [7, 11) is 0. The van der Waals surface area contributed by atoms with Gasteiger partial charge in [0.2, 0.25) is 0 Å². The summed E-state index contributed by atoms with van der Waals surface area (Å²) in [6, 6.07) is 47.3. The Kier molecular flexibility index (Phi) is 5.57. The minimum atomic E-state index is 0.698. The van der Waals surface area contributed by atoms with Crippen molar-refractivity contribution in [3.63, 3.8) is 0 Å². The number of benzene rings is 5. The van der Waals surface area contributed by atoms with Crippen LogP contribution in [0.25, 0.3) is 66.6 Å². The van der Waals surface area contributed by atoms with Gasteiger partial charge in [-0.05, 0) is 92.5 Å². The van der Waals surface area contributed by atoms with Gasteiger partial charge in [-0.15, -0.1) is 0 Å². The third kappa shape index (κ3) is 3.85. The third-order valence-electron chi connectivity index (χ3n) is 11.6. The number of fused-ring (bicyclic) bond motifs is 6. The molecule has 0 amide bonds. The van der Waals surface area contributed by atoms with Crippen LogP contribution in [0.15, 0.2) is 127 Å². The van der Waals surface area contributed by atoms with Crippen LogP contribution in [0.1, 0.15) is 32.1 Å². The maximum absolute atomic E-state index is 5.36. The molecule has 4 fully saturated rings. The second-order valence-electron chi connectivity index (χ2n) is 14.3. The predicted octanol–water partition coefficient (Wildman–Crippen LogP) is 10.1. The lowest BCUT2D eigenvalue weighted by Crippen LogP contribution is -2.58. The lowest BCUT2D eigenvalue weighted by Gasteiger charge is -2.57. The van der Waals surface area contributed by atoms with E-state index in [9.17, 15) is 0 Å². The number of hydrogen-bond acceptors (Lipinski definition) is 3. The Morgan fingerprint density at radius 1 is 0.438 bits per heavy atom. The van der Waals surface area contributed by atoms with Crippen molar-refractivity contribution in [3.8, 4) is 23.0 Å². The van der Waals surface area contributed by atoms with Gasteiger partial charge in [0.25, 0.3) is 0 Å². The summed E-state index contributed by atoms with van der Waals surface area (Å²) < 4.78 is 4.61. The minimum Gasteiger partial charge on any atom is -0.366 e. The van der Waals surface area contributed by atoms with Crippen molar-refractivity contribution >= 4 is 49.3 Å². The summed E-state index contributed by atoms with van der Waals surface area (Å²) in [6.07, 6.45) is 6.91. The Morgan fingerprint density at radius 3 is 1.25 bits per heavy atom. The van der Waals surface area contributed by atoms with E-state index in [2.05, 4.69) is 141 Å². The second kappa shape index (κ2) is 10.0. The third-order valence-corrected chi connectivity index (χ3v) is 11.6. The maximum Gasteiger partial charge on any atom is 0.163 e. The van der Waals surface area contributed by atoms with E-state index in [4.69, 9.17) is 9.97 Å². The normalized spacial score (nSPS) is 21.7. The Balaban J connectivity index is 1.13. The van der Waals surface area contributed by atoms with Crippen LogP contribution in [-0.4, -0.2) is 31.2 Å². The molecular weight excluding hydrogens is 587 g/mol. The van der Waals surface area contributed by atoms with E-state index in [0.717, 1.165) is 56.9 Å². The molecule has 8 aromatic rings. The number of piperidine rings is 2. The average Bonchev–Trinajstić information content (AvgIpc) is 3.65. The summed E-state index contributed by atoms with van der Waals surface area (Å²) >= 11 is 0. The molecule has 5 heteroatoms. The summed E-state index contributed by atoms with van der Waals surface area (Å²) in [5.74, 6) is 4.35. The van der Waals surface area contributed by atoms with Crippen molar-refractivity contribution in [2.45, 2.75) is 44.2 Å². The topological polar surface area (TPSA) is 38.9 Å². The summed E-state index contributed by atoms with van der Waals surface area (Å²) in [4.78, 5) is 13.5. The molecule has 2 saturated carbocycles. The Hall–Kier alpha value is -5.42. The number of rotatable bonds is 4.